The van der Waals surface area contributed by atoms with E-state index >= 15 is 0 Å². The first-order valence-corrected chi connectivity index (χ1v) is 6.99. The fourth-order valence-corrected chi connectivity index (χ4v) is 1.96. The lowest BCUT2D eigenvalue weighted by Gasteiger charge is -2.07. The number of rotatable bonds is 7. The van der Waals surface area contributed by atoms with Gasteiger partial charge in [-0.05, 0) is 12.3 Å². The molecule has 1 amide bonds. The molecule has 0 spiro atoms. The Hall–Kier alpha value is -0.770. The van der Waals surface area contributed by atoms with Crippen LogP contribution in [-0.4, -0.2) is 23.3 Å². The van der Waals surface area contributed by atoms with Gasteiger partial charge in [0, 0.05) is 25.1 Å². The molecule has 0 heterocycles. The van der Waals surface area contributed by atoms with Crippen molar-refractivity contribution in [1.29, 1.82) is 0 Å². The normalized spacial score (nSPS) is 13.0. The Labute approximate surface area is 108 Å². The van der Waals surface area contributed by atoms with E-state index in [-0.39, 0.29) is 16.9 Å². The molecule has 98 valence electrons. The second-order valence-corrected chi connectivity index (χ2v) is 5.56. The van der Waals surface area contributed by atoms with Crippen molar-refractivity contribution in [3.05, 3.63) is 12.2 Å². The molecule has 0 aliphatic carbocycles. The van der Waals surface area contributed by atoms with Crippen LogP contribution in [0, 0.1) is 11.8 Å². The zero-order valence-corrected chi connectivity index (χ0v) is 12.0. The molecule has 4 heteroatoms. The van der Waals surface area contributed by atoms with Crippen LogP contribution < -0.4 is 5.32 Å². The number of carbonyl (C=O) groups excluding carboxylic acids is 2. The molecular weight excluding hydrogens is 234 g/mol. The number of nitrogens with one attached hydrogen (secondary N) is 1. The lowest BCUT2D eigenvalue weighted by Crippen LogP contribution is -2.23. The minimum atomic E-state index is -0.0500. The first kappa shape index (κ1) is 16.2. The van der Waals surface area contributed by atoms with Gasteiger partial charge in [-0.1, -0.05) is 44.7 Å². The van der Waals surface area contributed by atoms with Gasteiger partial charge in [-0.25, -0.2) is 0 Å². The zero-order valence-electron chi connectivity index (χ0n) is 11.2. The van der Waals surface area contributed by atoms with E-state index in [2.05, 4.69) is 31.3 Å². The number of carbonyl (C=O) groups is 2. The van der Waals surface area contributed by atoms with Crippen LogP contribution >= 0.6 is 11.8 Å². The number of thioether (sulfide) groups is 1. The van der Waals surface area contributed by atoms with Gasteiger partial charge in [0.1, 0.15) is 0 Å². The van der Waals surface area contributed by atoms with Crippen LogP contribution in [0.5, 0.6) is 0 Å². The van der Waals surface area contributed by atoms with E-state index in [0.29, 0.717) is 18.2 Å². The van der Waals surface area contributed by atoms with Crippen LogP contribution in [0.4, 0.5) is 0 Å². The van der Waals surface area contributed by atoms with Crippen molar-refractivity contribution < 1.29 is 9.59 Å². The molecule has 0 aliphatic rings. The maximum atomic E-state index is 11.7. The molecule has 1 atom stereocenters. The van der Waals surface area contributed by atoms with Gasteiger partial charge in [0.25, 0.3) is 0 Å². The van der Waals surface area contributed by atoms with E-state index in [1.165, 1.54) is 18.7 Å². The summed E-state index contributed by atoms with van der Waals surface area (Å²) >= 11 is 1.30. The first-order valence-electron chi connectivity index (χ1n) is 6.01. The lowest BCUT2D eigenvalue weighted by atomic mass is 10.1. The first-order chi connectivity index (χ1) is 7.93. The fourth-order valence-electron chi connectivity index (χ4n) is 1.17. The number of hydrogen-bond donors (Lipinski definition) is 1. The van der Waals surface area contributed by atoms with Gasteiger partial charge in [-0.2, -0.15) is 0 Å². The highest BCUT2D eigenvalue weighted by atomic mass is 32.2. The Morgan fingerprint density at radius 1 is 1.29 bits per heavy atom. The Morgan fingerprint density at radius 2 is 1.94 bits per heavy atom. The molecule has 17 heavy (non-hydrogen) atoms. The molecule has 0 radical (unpaired) electrons. The van der Waals surface area contributed by atoms with Gasteiger partial charge in [-0.3, -0.25) is 9.59 Å². The van der Waals surface area contributed by atoms with Crippen molar-refractivity contribution in [1.82, 2.24) is 5.32 Å². The monoisotopic (exact) mass is 257 g/mol. The highest BCUT2D eigenvalue weighted by Crippen LogP contribution is 2.14. The molecule has 0 rings (SSSR count). The quantitative estimate of drug-likeness (QED) is 0.563. The maximum absolute atomic E-state index is 11.7. The van der Waals surface area contributed by atoms with E-state index in [1.807, 2.05) is 6.92 Å². The Kier molecular flexibility index (Phi) is 8.86. The minimum Gasteiger partial charge on any atom is -0.356 e. The average molecular weight is 257 g/mol. The van der Waals surface area contributed by atoms with Crippen molar-refractivity contribution in [2.45, 2.75) is 34.1 Å². The summed E-state index contributed by atoms with van der Waals surface area (Å²) in [7, 11) is 0. The summed E-state index contributed by atoms with van der Waals surface area (Å²) in [5, 5.41) is 2.87. The summed E-state index contributed by atoms with van der Waals surface area (Å²) in [6.45, 7) is 8.21. The molecule has 0 saturated carbocycles. The average Bonchev–Trinajstić information content (AvgIpc) is 2.23. The molecule has 0 aromatic heterocycles. The highest BCUT2D eigenvalue weighted by molar-refractivity contribution is 8.13. The summed E-state index contributed by atoms with van der Waals surface area (Å²) < 4.78 is 0. The molecular formula is C13H23NO2S. The summed E-state index contributed by atoms with van der Waals surface area (Å²) in [5.41, 5.74) is 0. The van der Waals surface area contributed by atoms with Gasteiger partial charge in [0.05, 0.1) is 0 Å². The van der Waals surface area contributed by atoms with Crippen LogP contribution in [0.1, 0.15) is 34.1 Å². The van der Waals surface area contributed by atoms with Gasteiger partial charge in [0.15, 0.2) is 5.12 Å². The molecule has 0 bridgehead atoms. The molecule has 0 fully saturated rings. The number of amides is 1. The summed E-state index contributed by atoms with van der Waals surface area (Å²) in [6.07, 6.45) is 4.98. The SMILES string of the molecule is CC(=O)NCCSC(=O)[C@@H](C)C/C=C/C(C)C. The largest absolute Gasteiger partial charge is 0.356 e. The Balaban J connectivity index is 3.71. The van der Waals surface area contributed by atoms with E-state index in [4.69, 9.17) is 0 Å². The number of allylic oxidation sites excluding steroid dienone is 2. The van der Waals surface area contributed by atoms with Crippen LogP contribution in [0.15, 0.2) is 12.2 Å². The Bertz CT molecular complexity index is 275. The molecule has 0 aromatic carbocycles. The van der Waals surface area contributed by atoms with Crippen molar-refractivity contribution in [3.63, 3.8) is 0 Å². The molecule has 0 unspecified atom stereocenters. The third kappa shape index (κ3) is 10.1. The second kappa shape index (κ2) is 9.28. The van der Waals surface area contributed by atoms with Crippen molar-refractivity contribution >= 4 is 22.8 Å². The fraction of sp³-hybridized carbons (Fsp3) is 0.692. The Morgan fingerprint density at radius 3 is 2.47 bits per heavy atom. The van der Waals surface area contributed by atoms with E-state index in [1.54, 1.807) is 0 Å². The standard InChI is InChI=1S/C13H23NO2S/c1-10(2)6-5-7-11(3)13(16)17-9-8-14-12(4)15/h5-6,10-11H,7-9H2,1-4H3,(H,14,15)/b6-5+/t11-/m0/s1. The van der Waals surface area contributed by atoms with Crippen molar-refractivity contribution in [2.75, 3.05) is 12.3 Å². The zero-order chi connectivity index (χ0) is 13.3. The smallest absolute Gasteiger partial charge is 0.216 e. The molecule has 1 N–H and O–H groups in total. The third-order valence-electron chi connectivity index (χ3n) is 2.13. The van der Waals surface area contributed by atoms with Crippen molar-refractivity contribution in [3.8, 4) is 0 Å². The van der Waals surface area contributed by atoms with Crippen LogP contribution in [0.2, 0.25) is 0 Å². The van der Waals surface area contributed by atoms with E-state index in [9.17, 15) is 9.59 Å². The van der Waals surface area contributed by atoms with Gasteiger partial charge < -0.3 is 5.32 Å². The third-order valence-corrected chi connectivity index (χ3v) is 3.23. The lowest BCUT2D eigenvalue weighted by molar-refractivity contribution is -0.119. The number of hydrogen-bond acceptors (Lipinski definition) is 3. The van der Waals surface area contributed by atoms with E-state index < -0.39 is 0 Å². The highest BCUT2D eigenvalue weighted by Gasteiger charge is 2.11. The summed E-state index contributed by atoms with van der Waals surface area (Å²) in [4.78, 5) is 22.3. The van der Waals surface area contributed by atoms with Crippen LogP contribution in [0.25, 0.3) is 0 Å². The van der Waals surface area contributed by atoms with E-state index in [0.717, 1.165) is 6.42 Å². The second-order valence-electron chi connectivity index (χ2n) is 4.46. The maximum Gasteiger partial charge on any atom is 0.216 e. The van der Waals surface area contributed by atoms with Crippen LogP contribution in [0.3, 0.4) is 0 Å². The minimum absolute atomic E-state index is 0.0485. The van der Waals surface area contributed by atoms with Crippen LogP contribution in [-0.2, 0) is 9.59 Å². The van der Waals surface area contributed by atoms with Gasteiger partial charge in [-0.15, -0.1) is 0 Å². The molecule has 3 nitrogen and oxygen atoms in total. The predicted molar refractivity (Wildman–Crippen MR) is 73.9 cm³/mol. The van der Waals surface area contributed by atoms with Gasteiger partial charge in [0.2, 0.25) is 5.91 Å². The molecule has 0 aliphatic heterocycles. The summed E-state index contributed by atoms with van der Waals surface area (Å²) in [6, 6.07) is 0. The topological polar surface area (TPSA) is 46.2 Å². The summed E-state index contributed by atoms with van der Waals surface area (Å²) in [5.74, 6) is 1.18. The predicted octanol–water partition coefficient (Wildman–Crippen LogP) is 2.62. The van der Waals surface area contributed by atoms with Crippen molar-refractivity contribution in [2.24, 2.45) is 11.8 Å². The molecule has 0 saturated heterocycles. The molecule has 0 aromatic rings. The van der Waals surface area contributed by atoms with Gasteiger partial charge >= 0.3 is 0 Å².